The average Bonchev–Trinajstić information content (AvgIpc) is 2.58. The molecule has 0 radical (unpaired) electrons. The van der Waals surface area contributed by atoms with E-state index in [4.69, 9.17) is 17.3 Å². The van der Waals surface area contributed by atoms with Gasteiger partial charge in [0.25, 0.3) is 0 Å². The summed E-state index contributed by atoms with van der Waals surface area (Å²) in [6.45, 7) is 1.38. The maximum atomic E-state index is 6.15. The number of halogens is 1. The van der Waals surface area contributed by atoms with E-state index in [1.165, 1.54) is 0 Å². The molecule has 5 heteroatoms. The van der Waals surface area contributed by atoms with Crippen LogP contribution in [0.5, 0.6) is 0 Å². The fourth-order valence-corrected chi connectivity index (χ4v) is 2.14. The number of benzene rings is 1. The lowest BCUT2D eigenvalue weighted by Gasteiger charge is -2.16. The zero-order valence-corrected chi connectivity index (χ0v) is 10.2. The Labute approximate surface area is 99.6 Å². The number of anilines is 1. The van der Waals surface area contributed by atoms with Crippen molar-refractivity contribution in [3.63, 3.8) is 0 Å². The van der Waals surface area contributed by atoms with Crippen molar-refractivity contribution in [2.24, 2.45) is 12.8 Å². The molecule has 0 amide bonds. The highest BCUT2D eigenvalue weighted by Crippen LogP contribution is 2.26. The zero-order chi connectivity index (χ0) is 11.7. The Bertz CT molecular complexity index is 506. The Hall–Kier alpha value is -1.26. The molecule has 86 valence electrons. The van der Waals surface area contributed by atoms with Crippen LogP contribution in [0.1, 0.15) is 0 Å². The van der Waals surface area contributed by atoms with E-state index < -0.39 is 0 Å². The number of likely N-dealkylation sites (N-methyl/N-ethyl adjacent to an activating group) is 1. The molecule has 0 saturated carbocycles. The minimum atomic E-state index is 0.605. The molecule has 0 aliphatic heterocycles. The van der Waals surface area contributed by atoms with Crippen molar-refractivity contribution in [2.75, 3.05) is 25.0 Å². The van der Waals surface area contributed by atoms with E-state index in [0.29, 0.717) is 6.54 Å². The first-order chi connectivity index (χ1) is 7.65. The summed E-state index contributed by atoms with van der Waals surface area (Å²) in [6.07, 6.45) is 0. The predicted octanol–water partition coefficient (Wildman–Crippen LogP) is 1.62. The van der Waals surface area contributed by atoms with Gasteiger partial charge in [-0.15, -0.1) is 0 Å². The second-order valence-electron chi connectivity index (χ2n) is 3.79. The molecule has 2 N–H and O–H groups in total. The first-order valence-corrected chi connectivity index (χ1v) is 5.55. The average molecular weight is 239 g/mol. The van der Waals surface area contributed by atoms with Gasteiger partial charge in [0.05, 0.1) is 16.1 Å². The van der Waals surface area contributed by atoms with E-state index in [9.17, 15) is 0 Å². The largest absolute Gasteiger partial charge is 0.344 e. The Morgan fingerprint density at radius 1 is 1.50 bits per heavy atom. The molecular formula is C11H15ClN4. The number of para-hydroxylation sites is 1. The Balaban J connectivity index is 2.56. The monoisotopic (exact) mass is 238 g/mol. The van der Waals surface area contributed by atoms with E-state index in [0.717, 1.165) is 28.5 Å². The van der Waals surface area contributed by atoms with Crippen LogP contribution < -0.4 is 10.6 Å². The Morgan fingerprint density at radius 2 is 2.25 bits per heavy atom. The van der Waals surface area contributed by atoms with E-state index in [-0.39, 0.29) is 0 Å². The maximum Gasteiger partial charge on any atom is 0.206 e. The van der Waals surface area contributed by atoms with Crippen molar-refractivity contribution in [3.8, 4) is 0 Å². The number of hydrogen-bond donors (Lipinski definition) is 1. The highest BCUT2D eigenvalue weighted by Gasteiger charge is 2.12. The summed E-state index contributed by atoms with van der Waals surface area (Å²) in [4.78, 5) is 6.56. The lowest BCUT2D eigenvalue weighted by molar-refractivity contribution is 0.808. The topological polar surface area (TPSA) is 47.1 Å². The number of imidazole rings is 1. The quantitative estimate of drug-likeness (QED) is 0.884. The molecule has 0 spiro atoms. The lowest BCUT2D eigenvalue weighted by atomic mass is 10.3. The molecule has 0 unspecified atom stereocenters. The fourth-order valence-electron chi connectivity index (χ4n) is 1.84. The van der Waals surface area contributed by atoms with Gasteiger partial charge in [0.2, 0.25) is 5.95 Å². The van der Waals surface area contributed by atoms with Gasteiger partial charge in [0.15, 0.2) is 0 Å². The summed E-state index contributed by atoms with van der Waals surface area (Å²) in [6, 6.07) is 5.74. The van der Waals surface area contributed by atoms with Crippen molar-refractivity contribution < 1.29 is 0 Å². The third kappa shape index (κ3) is 1.74. The second kappa shape index (κ2) is 4.31. The van der Waals surface area contributed by atoms with Crippen LogP contribution in [0.25, 0.3) is 11.0 Å². The number of aromatic nitrogens is 2. The Morgan fingerprint density at radius 3 is 2.88 bits per heavy atom. The number of hydrogen-bond acceptors (Lipinski definition) is 3. The molecule has 1 aromatic carbocycles. The molecule has 16 heavy (non-hydrogen) atoms. The SMILES string of the molecule is CN(CCN)c1nc2cccc(Cl)c2n1C. The number of nitrogens with two attached hydrogens (primary N) is 1. The van der Waals surface area contributed by atoms with Crippen molar-refractivity contribution >= 4 is 28.6 Å². The predicted molar refractivity (Wildman–Crippen MR) is 68.0 cm³/mol. The number of rotatable bonds is 3. The van der Waals surface area contributed by atoms with Crippen molar-refractivity contribution in [1.82, 2.24) is 9.55 Å². The van der Waals surface area contributed by atoms with Gasteiger partial charge < -0.3 is 15.2 Å². The van der Waals surface area contributed by atoms with Crippen LogP contribution in [0, 0.1) is 0 Å². The van der Waals surface area contributed by atoms with Gasteiger partial charge in [0, 0.05) is 27.2 Å². The van der Waals surface area contributed by atoms with E-state index >= 15 is 0 Å². The molecule has 0 aliphatic rings. The highest BCUT2D eigenvalue weighted by atomic mass is 35.5. The zero-order valence-electron chi connectivity index (χ0n) is 9.44. The minimum Gasteiger partial charge on any atom is -0.344 e. The van der Waals surface area contributed by atoms with Gasteiger partial charge in [-0.25, -0.2) is 4.98 Å². The van der Waals surface area contributed by atoms with Crippen molar-refractivity contribution in [2.45, 2.75) is 0 Å². The van der Waals surface area contributed by atoms with Crippen molar-refractivity contribution in [3.05, 3.63) is 23.2 Å². The van der Waals surface area contributed by atoms with Crippen molar-refractivity contribution in [1.29, 1.82) is 0 Å². The molecule has 4 nitrogen and oxygen atoms in total. The van der Waals surface area contributed by atoms with Crippen LogP contribution in [0.4, 0.5) is 5.95 Å². The van der Waals surface area contributed by atoms with Gasteiger partial charge in [-0.1, -0.05) is 17.7 Å². The van der Waals surface area contributed by atoms with Crippen LogP contribution in [-0.4, -0.2) is 29.7 Å². The third-order valence-electron chi connectivity index (χ3n) is 2.63. The summed E-state index contributed by atoms with van der Waals surface area (Å²) in [5.74, 6) is 0.883. The van der Waals surface area contributed by atoms with Crippen LogP contribution in [-0.2, 0) is 7.05 Å². The molecule has 0 saturated heterocycles. The first kappa shape index (κ1) is 11.2. The third-order valence-corrected chi connectivity index (χ3v) is 2.93. The summed E-state index contributed by atoms with van der Waals surface area (Å²) in [5, 5.41) is 0.722. The van der Waals surface area contributed by atoms with Crippen LogP contribution in [0.15, 0.2) is 18.2 Å². The Kier molecular flexibility index (Phi) is 3.03. The summed E-state index contributed by atoms with van der Waals surface area (Å²) in [5.41, 5.74) is 7.41. The van der Waals surface area contributed by atoms with Crippen LogP contribution >= 0.6 is 11.6 Å². The summed E-state index contributed by atoms with van der Waals surface area (Å²) >= 11 is 6.15. The second-order valence-corrected chi connectivity index (χ2v) is 4.20. The highest BCUT2D eigenvalue weighted by molar-refractivity contribution is 6.35. The van der Waals surface area contributed by atoms with Crippen LogP contribution in [0.3, 0.4) is 0 Å². The van der Waals surface area contributed by atoms with Gasteiger partial charge in [-0.3, -0.25) is 0 Å². The summed E-state index contributed by atoms with van der Waals surface area (Å²) < 4.78 is 1.99. The summed E-state index contributed by atoms with van der Waals surface area (Å²) in [7, 11) is 3.94. The smallest absolute Gasteiger partial charge is 0.206 e. The van der Waals surface area contributed by atoms with Gasteiger partial charge >= 0.3 is 0 Å². The van der Waals surface area contributed by atoms with Gasteiger partial charge in [0.1, 0.15) is 0 Å². The molecule has 2 aromatic rings. The van der Waals surface area contributed by atoms with Crippen LogP contribution in [0.2, 0.25) is 5.02 Å². The van der Waals surface area contributed by atoms with Gasteiger partial charge in [-0.2, -0.15) is 0 Å². The lowest BCUT2D eigenvalue weighted by Crippen LogP contribution is -2.27. The number of fused-ring (bicyclic) bond motifs is 1. The van der Waals surface area contributed by atoms with E-state index in [1.807, 2.05) is 41.8 Å². The number of nitrogens with zero attached hydrogens (tertiary/aromatic N) is 3. The molecular weight excluding hydrogens is 224 g/mol. The minimum absolute atomic E-state index is 0.605. The molecule has 0 aliphatic carbocycles. The standard InChI is InChI=1S/C11H15ClN4/c1-15(7-6-13)11-14-9-5-3-4-8(12)10(9)16(11)2/h3-5H,6-7,13H2,1-2H3. The first-order valence-electron chi connectivity index (χ1n) is 5.17. The normalized spacial score (nSPS) is 11.0. The fraction of sp³-hybridized carbons (Fsp3) is 0.364. The van der Waals surface area contributed by atoms with E-state index in [1.54, 1.807) is 0 Å². The molecule has 0 bridgehead atoms. The molecule has 1 aromatic heterocycles. The molecule has 0 atom stereocenters. The number of aryl methyl sites for hydroxylation is 1. The molecule has 1 heterocycles. The van der Waals surface area contributed by atoms with E-state index in [2.05, 4.69) is 4.98 Å². The van der Waals surface area contributed by atoms with Gasteiger partial charge in [-0.05, 0) is 12.1 Å². The molecule has 0 fully saturated rings. The molecule has 2 rings (SSSR count). The maximum absolute atomic E-state index is 6.15.